The Morgan fingerprint density at radius 2 is 2.00 bits per heavy atom. The van der Waals surface area contributed by atoms with Crippen LogP contribution in [0.3, 0.4) is 0 Å². The third kappa shape index (κ3) is 2.79. The first-order chi connectivity index (χ1) is 9.22. The van der Waals surface area contributed by atoms with Crippen LogP contribution in [-0.2, 0) is 5.75 Å². The van der Waals surface area contributed by atoms with Crippen molar-refractivity contribution in [1.29, 1.82) is 0 Å². The number of halogens is 1. The molecule has 0 unspecified atom stereocenters. The Balaban J connectivity index is 1.77. The molecule has 0 saturated heterocycles. The summed E-state index contributed by atoms with van der Waals surface area (Å²) in [7, 11) is 0. The zero-order valence-corrected chi connectivity index (χ0v) is 11.8. The molecule has 100 valence electrons. The second-order valence-corrected chi connectivity index (χ2v) is 5.37. The van der Waals surface area contributed by atoms with Crippen LogP contribution in [0, 0.1) is 6.92 Å². The highest BCUT2D eigenvalue weighted by atomic mass is 35.5. The lowest BCUT2D eigenvalue weighted by Gasteiger charge is -2.19. The van der Waals surface area contributed by atoms with Gasteiger partial charge in [0.15, 0.2) is 17.3 Å². The summed E-state index contributed by atoms with van der Waals surface area (Å²) >= 11 is 7.75. The van der Waals surface area contributed by atoms with Gasteiger partial charge in [0.25, 0.3) is 0 Å². The average molecular weight is 299 g/mol. The second kappa shape index (κ2) is 5.30. The molecule has 1 aromatic carbocycles. The molecule has 0 spiro atoms. The number of benzene rings is 1. The zero-order chi connectivity index (χ0) is 13.2. The van der Waals surface area contributed by atoms with Crippen LogP contribution in [0.15, 0.2) is 21.6 Å². The number of fused-ring (bicyclic) bond motifs is 1. The first-order valence-electron chi connectivity index (χ1n) is 5.73. The van der Waals surface area contributed by atoms with Gasteiger partial charge in [-0.1, -0.05) is 16.8 Å². The van der Waals surface area contributed by atoms with Gasteiger partial charge in [-0.05, 0) is 6.07 Å². The Morgan fingerprint density at radius 3 is 2.68 bits per heavy atom. The van der Waals surface area contributed by atoms with Crippen LogP contribution in [0.1, 0.15) is 11.7 Å². The number of hydrogen-bond acceptors (Lipinski definition) is 6. The number of aromatic nitrogens is 2. The van der Waals surface area contributed by atoms with Crippen molar-refractivity contribution >= 4 is 23.4 Å². The summed E-state index contributed by atoms with van der Waals surface area (Å²) < 4.78 is 15.9. The fourth-order valence-electron chi connectivity index (χ4n) is 1.70. The van der Waals surface area contributed by atoms with Gasteiger partial charge in [0.05, 0.1) is 10.8 Å². The standard InChI is InChI=1S/C12H11ClN2O3S/c1-7-14-12(15-18-7)6-19-11-5-10-9(4-8(11)13)16-2-3-17-10/h4-5H,2-3,6H2,1H3. The van der Waals surface area contributed by atoms with Gasteiger partial charge < -0.3 is 14.0 Å². The number of aryl methyl sites for hydroxylation is 1. The molecule has 0 fully saturated rings. The fraction of sp³-hybridized carbons (Fsp3) is 0.333. The van der Waals surface area contributed by atoms with Crippen molar-refractivity contribution in [2.24, 2.45) is 0 Å². The molecule has 0 amide bonds. The summed E-state index contributed by atoms with van der Waals surface area (Å²) in [5.41, 5.74) is 0. The SMILES string of the molecule is Cc1nc(CSc2cc3c(cc2Cl)OCCO3)no1. The van der Waals surface area contributed by atoms with Gasteiger partial charge in [-0.15, -0.1) is 11.8 Å². The van der Waals surface area contributed by atoms with Crippen LogP contribution < -0.4 is 9.47 Å². The molecule has 2 aromatic rings. The lowest BCUT2D eigenvalue weighted by molar-refractivity contribution is 0.171. The molecule has 1 aromatic heterocycles. The second-order valence-electron chi connectivity index (χ2n) is 3.94. The van der Waals surface area contributed by atoms with Crippen molar-refractivity contribution < 1.29 is 14.0 Å². The van der Waals surface area contributed by atoms with Crippen LogP contribution in [-0.4, -0.2) is 23.4 Å². The van der Waals surface area contributed by atoms with Crippen molar-refractivity contribution in [3.05, 3.63) is 28.9 Å². The fourth-order valence-corrected chi connectivity index (χ4v) is 2.80. The summed E-state index contributed by atoms with van der Waals surface area (Å²) in [6.45, 7) is 2.87. The molecule has 7 heteroatoms. The topological polar surface area (TPSA) is 57.4 Å². The van der Waals surface area contributed by atoms with Gasteiger partial charge >= 0.3 is 0 Å². The van der Waals surface area contributed by atoms with E-state index >= 15 is 0 Å². The van der Waals surface area contributed by atoms with Crippen molar-refractivity contribution in [2.45, 2.75) is 17.6 Å². The predicted molar refractivity (Wildman–Crippen MR) is 71.0 cm³/mol. The third-order valence-corrected chi connectivity index (χ3v) is 4.00. The van der Waals surface area contributed by atoms with Gasteiger partial charge in [0.1, 0.15) is 13.2 Å². The highest BCUT2D eigenvalue weighted by molar-refractivity contribution is 7.98. The minimum atomic E-state index is 0.554. The summed E-state index contributed by atoms with van der Waals surface area (Å²) in [5.74, 6) is 3.22. The van der Waals surface area contributed by atoms with E-state index in [4.69, 9.17) is 25.6 Å². The van der Waals surface area contributed by atoms with E-state index in [1.54, 1.807) is 13.0 Å². The number of ether oxygens (including phenoxy) is 2. The lowest BCUT2D eigenvalue weighted by Crippen LogP contribution is -2.15. The molecule has 1 aliphatic heterocycles. The summed E-state index contributed by atoms with van der Waals surface area (Å²) in [4.78, 5) is 5.06. The molecule has 0 N–H and O–H groups in total. The Bertz CT molecular complexity index is 603. The van der Waals surface area contributed by atoms with Gasteiger partial charge in [0.2, 0.25) is 5.89 Å². The quantitative estimate of drug-likeness (QED) is 0.812. The highest BCUT2D eigenvalue weighted by Crippen LogP contribution is 2.40. The van der Waals surface area contributed by atoms with Gasteiger partial charge in [0, 0.05) is 17.9 Å². The van der Waals surface area contributed by atoms with Gasteiger partial charge in [-0.25, -0.2) is 0 Å². The summed E-state index contributed by atoms with van der Waals surface area (Å²) in [6.07, 6.45) is 0. The van der Waals surface area contributed by atoms with E-state index in [9.17, 15) is 0 Å². The van der Waals surface area contributed by atoms with Crippen LogP contribution >= 0.6 is 23.4 Å². The Labute approximate surface area is 119 Å². The minimum absolute atomic E-state index is 0.554. The normalized spacial score (nSPS) is 13.6. The highest BCUT2D eigenvalue weighted by Gasteiger charge is 2.16. The molecule has 0 atom stereocenters. The van der Waals surface area contributed by atoms with Crippen molar-refractivity contribution in [1.82, 2.24) is 10.1 Å². The van der Waals surface area contributed by atoms with Gasteiger partial charge in [-0.2, -0.15) is 4.98 Å². The largest absolute Gasteiger partial charge is 0.486 e. The molecule has 19 heavy (non-hydrogen) atoms. The van der Waals surface area contributed by atoms with Crippen molar-refractivity contribution in [3.8, 4) is 11.5 Å². The first kappa shape index (κ1) is 12.6. The maximum absolute atomic E-state index is 6.21. The Kier molecular flexibility index (Phi) is 3.52. The van der Waals surface area contributed by atoms with E-state index in [2.05, 4.69) is 10.1 Å². The van der Waals surface area contributed by atoms with Gasteiger partial charge in [-0.3, -0.25) is 0 Å². The Morgan fingerprint density at radius 1 is 1.26 bits per heavy atom. The minimum Gasteiger partial charge on any atom is -0.486 e. The molecule has 0 saturated carbocycles. The van der Waals surface area contributed by atoms with E-state index in [1.165, 1.54) is 11.8 Å². The van der Waals surface area contributed by atoms with E-state index in [0.29, 0.717) is 41.5 Å². The molecule has 3 rings (SSSR count). The summed E-state index contributed by atoms with van der Waals surface area (Å²) in [6, 6.07) is 3.66. The maximum Gasteiger partial charge on any atom is 0.223 e. The zero-order valence-electron chi connectivity index (χ0n) is 10.2. The van der Waals surface area contributed by atoms with E-state index in [0.717, 1.165) is 10.6 Å². The number of rotatable bonds is 3. The number of hydrogen-bond donors (Lipinski definition) is 0. The van der Waals surface area contributed by atoms with E-state index in [-0.39, 0.29) is 0 Å². The molecule has 0 bridgehead atoms. The molecule has 2 heterocycles. The number of nitrogens with zero attached hydrogens (tertiary/aromatic N) is 2. The molecule has 0 aliphatic carbocycles. The molecular weight excluding hydrogens is 288 g/mol. The van der Waals surface area contributed by atoms with Crippen LogP contribution in [0.2, 0.25) is 5.02 Å². The molecule has 0 radical (unpaired) electrons. The summed E-state index contributed by atoms with van der Waals surface area (Å²) in [5, 5.41) is 4.48. The first-order valence-corrected chi connectivity index (χ1v) is 7.10. The third-order valence-electron chi connectivity index (χ3n) is 2.52. The van der Waals surface area contributed by atoms with Crippen LogP contribution in [0.25, 0.3) is 0 Å². The van der Waals surface area contributed by atoms with E-state index in [1.807, 2.05) is 6.07 Å². The number of thioether (sulfide) groups is 1. The maximum atomic E-state index is 6.21. The molecule has 1 aliphatic rings. The lowest BCUT2D eigenvalue weighted by atomic mass is 10.3. The predicted octanol–water partition coefficient (Wildman–Crippen LogP) is 3.09. The van der Waals surface area contributed by atoms with Crippen LogP contribution in [0.5, 0.6) is 11.5 Å². The van der Waals surface area contributed by atoms with Crippen molar-refractivity contribution in [2.75, 3.05) is 13.2 Å². The monoisotopic (exact) mass is 298 g/mol. The smallest absolute Gasteiger partial charge is 0.223 e. The van der Waals surface area contributed by atoms with Crippen molar-refractivity contribution in [3.63, 3.8) is 0 Å². The van der Waals surface area contributed by atoms with E-state index < -0.39 is 0 Å². The molecular formula is C12H11ClN2O3S. The Hall–Kier alpha value is -1.40. The van der Waals surface area contributed by atoms with Crippen LogP contribution in [0.4, 0.5) is 0 Å². The molecule has 5 nitrogen and oxygen atoms in total. The average Bonchev–Trinajstić information content (AvgIpc) is 2.82.